The first kappa shape index (κ1) is 18.7. The van der Waals surface area contributed by atoms with Crippen molar-refractivity contribution in [2.45, 2.75) is 19.9 Å². The lowest BCUT2D eigenvalue weighted by Gasteiger charge is -2.21. The summed E-state index contributed by atoms with van der Waals surface area (Å²) in [6.07, 6.45) is 1.71. The van der Waals surface area contributed by atoms with Crippen molar-refractivity contribution in [1.82, 2.24) is 9.80 Å². The van der Waals surface area contributed by atoms with Crippen molar-refractivity contribution in [2.24, 2.45) is 5.92 Å². The largest absolute Gasteiger partial charge is 0.467 e. The number of hydrogen-bond donors (Lipinski definition) is 1. The quantitative estimate of drug-likeness (QED) is 0.845. The van der Waals surface area contributed by atoms with Crippen LogP contribution in [0.2, 0.25) is 0 Å². The summed E-state index contributed by atoms with van der Waals surface area (Å²) in [5, 5.41) is 2.77. The molecule has 1 unspecified atom stereocenters. The van der Waals surface area contributed by atoms with Crippen LogP contribution >= 0.6 is 0 Å². The van der Waals surface area contributed by atoms with Gasteiger partial charge in [-0.2, -0.15) is 0 Å². The fourth-order valence-corrected chi connectivity index (χ4v) is 3.12. The molecule has 2 aromatic rings. The van der Waals surface area contributed by atoms with Crippen LogP contribution in [0.3, 0.4) is 0 Å². The number of nitrogens with one attached hydrogen (secondary N) is 1. The van der Waals surface area contributed by atoms with Crippen molar-refractivity contribution < 1.29 is 18.8 Å². The second kappa shape index (κ2) is 8.07. The minimum atomic E-state index is -0.440. The van der Waals surface area contributed by atoms with Gasteiger partial charge in [-0.05, 0) is 31.2 Å². The van der Waals surface area contributed by atoms with Gasteiger partial charge in [-0.25, -0.2) is 0 Å². The summed E-state index contributed by atoms with van der Waals surface area (Å²) >= 11 is 0. The van der Waals surface area contributed by atoms with Gasteiger partial charge in [0.25, 0.3) is 0 Å². The fourth-order valence-electron chi connectivity index (χ4n) is 3.12. The lowest BCUT2D eigenvalue weighted by atomic mass is 10.1. The number of hydrogen-bond acceptors (Lipinski definition) is 4. The predicted molar refractivity (Wildman–Crippen MR) is 99.7 cm³/mol. The maximum Gasteiger partial charge on any atom is 0.243 e. The molecule has 0 spiro atoms. The second-order valence-electron chi connectivity index (χ2n) is 6.86. The van der Waals surface area contributed by atoms with Gasteiger partial charge < -0.3 is 19.5 Å². The van der Waals surface area contributed by atoms with E-state index in [4.69, 9.17) is 4.42 Å². The van der Waals surface area contributed by atoms with Gasteiger partial charge in [0, 0.05) is 25.7 Å². The molecule has 1 aromatic heterocycles. The van der Waals surface area contributed by atoms with Gasteiger partial charge in [0.15, 0.2) is 0 Å². The normalized spacial score (nSPS) is 16.4. The Kier molecular flexibility index (Phi) is 5.59. The molecule has 0 aliphatic carbocycles. The zero-order chi connectivity index (χ0) is 19.4. The molecular weight excluding hydrogens is 346 g/mol. The molecule has 142 valence electrons. The van der Waals surface area contributed by atoms with Crippen molar-refractivity contribution in [3.8, 4) is 0 Å². The summed E-state index contributed by atoms with van der Waals surface area (Å²) in [4.78, 5) is 39.9. The first-order valence-corrected chi connectivity index (χ1v) is 8.84. The Hall–Kier alpha value is -3.09. The average Bonchev–Trinajstić information content (AvgIpc) is 3.27. The minimum absolute atomic E-state index is 0.0599. The molecule has 3 rings (SSSR count). The summed E-state index contributed by atoms with van der Waals surface area (Å²) in [6, 6.07) is 11.0. The van der Waals surface area contributed by atoms with E-state index in [2.05, 4.69) is 5.32 Å². The molecule has 7 nitrogen and oxygen atoms in total. The van der Waals surface area contributed by atoms with Crippen LogP contribution in [-0.2, 0) is 20.9 Å². The number of likely N-dealkylation sites (tertiary alicyclic amines) is 1. The number of carbonyl (C=O) groups is 3. The summed E-state index contributed by atoms with van der Waals surface area (Å²) in [6.45, 7) is 2.60. The molecule has 2 heterocycles. The lowest BCUT2D eigenvalue weighted by Crippen LogP contribution is -2.39. The Morgan fingerprint density at radius 1 is 1.26 bits per heavy atom. The second-order valence-corrected chi connectivity index (χ2v) is 6.86. The number of rotatable bonds is 6. The van der Waals surface area contributed by atoms with Crippen LogP contribution in [0.4, 0.5) is 5.69 Å². The molecule has 0 saturated carbocycles. The zero-order valence-corrected chi connectivity index (χ0v) is 15.5. The van der Waals surface area contributed by atoms with Crippen LogP contribution in [0, 0.1) is 12.8 Å². The zero-order valence-electron chi connectivity index (χ0n) is 15.5. The Bertz CT molecular complexity index is 814. The molecular formula is C20H23N3O4. The highest BCUT2D eigenvalue weighted by Crippen LogP contribution is 2.22. The topological polar surface area (TPSA) is 82.9 Å². The van der Waals surface area contributed by atoms with Crippen LogP contribution < -0.4 is 5.32 Å². The Balaban J connectivity index is 1.51. The van der Waals surface area contributed by atoms with Crippen LogP contribution in [0.5, 0.6) is 0 Å². The van der Waals surface area contributed by atoms with Gasteiger partial charge in [0.2, 0.25) is 17.7 Å². The predicted octanol–water partition coefficient (Wildman–Crippen LogP) is 2.03. The van der Waals surface area contributed by atoms with Gasteiger partial charge in [-0.15, -0.1) is 0 Å². The molecule has 3 amide bonds. The monoisotopic (exact) mass is 369 g/mol. The molecule has 1 saturated heterocycles. The van der Waals surface area contributed by atoms with Crippen molar-refractivity contribution in [1.29, 1.82) is 0 Å². The highest BCUT2D eigenvalue weighted by Gasteiger charge is 2.36. The van der Waals surface area contributed by atoms with E-state index in [1.165, 1.54) is 4.90 Å². The van der Waals surface area contributed by atoms with Crippen molar-refractivity contribution >= 4 is 23.4 Å². The third kappa shape index (κ3) is 4.75. The van der Waals surface area contributed by atoms with Crippen LogP contribution in [0.1, 0.15) is 17.7 Å². The molecule has 1 atom stereocenters. The van der Waals surface area contributed by atoms with Crippen molar-refractivity contribution in [2.75, 3.05) is 25.5 Å². The highest BCUT2D eigenvalue weighted by molar-refractivity contribution is 5.96. The number of amides is 3. The first-order chi connectivity index (χ1) is 12.9. The molecule has 0 radical (unpaired) electrons. The van der Waals surface area contributed by atoms with Gasteiger partial charge in [0.05, 0.1) is 25.3 Å². The average molecular weight is 369 g/mol. The highest BCUT2D eigenvalue weighted by atomic mass is 16.3. The summed E-state index contributed by atoms with van der Waals surface area (Å²) in [5.41, 5.74) is 1.79. The number of carbonyl (C=O) groups excluding carboxylic acids is 3. The van der Waals surface area contributed by atoms with E-state index in [9.17, 15) is 14.4 Å². The van der Waals surface area contributed by atoms with Crippen molar-refractivity contribution in [3.05, 3.63) is 54.0 Å². The summed E-state index contributed by atoms with van der Waals surface area (Å²) in [5.74, 6) is -0.315. The maximum absolute atomic E-state index is 12.6. The Morgan fingerprint density at radius 3 is 2.67 bits per heavy atom. The van der Waals surface area contributed by atoms with Crippen LogP contribution in [0.15, 0.2) is 47.1 Å². The standard InChI is InChI=1S/C20H23N3O4/c1-14-5-7-16(8-6-14)21-18(24)13-22(2)20(26)15-10-19(25)23(11-15)12-17-4-3-9-27-17/h3-9,15H,10-13H2,1-2H3,(H,21,24). The first-order valence-electron chi connectivity index (χ1n) is 8.84. The molecule has 7 heteroatoms. The number of nitrogens with zero attached hydrogens (tertiary/aromatic N) is 2. The maximum atomic E-state index is 12.6. The molecule has 1 fully saturated rings. The van der Waals surface area contributed by atoms with E-state index >= 15 is 0 Å². The number of benzene rings is 1. The number of furan rings is 1. The molecule has 1 aliphatic heterocycles. The Labute approximate surface area is 157 Å². The van der Waals surface area contributed by atoms with E-state index in [-0.39, 0.29) is 30.7 Å². The Morgan fingerprint density at radius 2 is 2.00 bits per heavy atom. The van der Waals surface area contributed by atoms with Gasteiger partial charge >= 0.3 is 0 Å². The van der Waals surface area contributed by atoms with E-state index in [1.54, 1.807) is 30.3 Å². The summed E-state index contributed by atoms with van der Waals surface area (Å²) < 4.78 is 5.26. The summed E-state index contributed by atoms with van der Waals surface area (Å²) in [7, 11) is 1.58. The van der Waals surface area contributed by atoms with E-state index in [1.807, 2.05) is 31.2 Å². The van der Waals surface area contributed by atoms with Gasteiger partial charge in [0.1, 0.15) is 5.76 Å². The minimum Gasteiger partial charge on any atom is -0.467 e. The number of aryl methyl sites for hydroxylation is 1. The lowest BCUT2D eigenvalue weighted by molar-refractivity contribution is -0.137. The molecule has 27 heavy (non-hydrogen) atoms. The number of likely N-dealkylation sites (N-methyl/N-ethyl adjacent to an activating group) is 1. The smallest absolute Gasteiger partial charge is 0.243 e. The third-order valence-electron chi connectivity index (χ3n) is 4.58. The van der Waals surface area contributed by atoms with Gasteiger partial charge in [-0.3, -0.25) is 14.4 Å². The van der Waals surface area contributed by atoms with Crippen molar-refractivity contribution in [3.63, 3.8) is 0 Å². The fraction of sp³-hybridized carbons (Fsp3) is 0.350. The molecule has 1 aliphatic rings. The van der Waals surface area contributed by atoms with E-state index in [0.29, 0.717) is 24.5 Å². The molecule has 0 bridgehead atoms. The molecule has 1 N–H and O–H groups in total. The molecule has 1 aromatic carbocycles. The SMILES string of the molecule is Cc1ccc(NC(=O)CN(C)C(=O)C2CC(=O)N(Cc3ccco3)C2)cc1. The number of anilines is 1. The third-order valence-corrected chi connectivity index (χ3v) is 4.58. The van der Waals surface area contributed by atoms with Crippen LogP contribution in [-0.4, -0.2) is 47.7 Å². The van der Waals surface area contributed by atoms with E-state index in [0.717, 1.165) is 5.56 Å². The van der Waals surface area contributed by atoms with Gasteiger partial charge in [-0.1, -0.05) is 17.7 Å². The van der Waals surface area contributed by atoms with Crippen LogP contribution in [0.25, 0.3) is 0 Å². The van der Waals surface area contributed by atoms with E-state index < -0.39 is 5.92 Å².